The molecule has 1 aliphatic rings. The lowest BCUT2D eigenvalue weighted by atomic mass is 9.89. The molecule has 1 saturated heterocycles. The molecule has 1 aliphatic heterocycles. The van der Waals surface area contributed by atoms with Crippen molar-refractivity contribution in [2.24, 2.45) is 0 Å². The Morgan fingerprint density at radius 3 is 2.18 bits per heavy atom. The third-order valence-electron chi connectivity index (χ3n) is 6.92. The highest BCUT2D eigenvalue weighted by Crippen LogP contribution is 2.34. The predicted molar refractivity (Wildman–Crippen MR) is 132 cm³/mol. The molecule has 4 heteroatoms. The molecule has 0 bridgehead atoms. The first-order valence-corrected chi connectivity index (χ1v) is 12.5. The lowest BCUT2D eigenvalue weighted by Crippen LogP contribution is -2.24. The minimum atomic E-state index is -0.881. The predicted octanol–water partition coefficient (Wildman–Crippen LogP) is 9.06. The van der Waals surface area contributed by atoms with Crippen molar-refractivity contribution >= 4 is 0 Å². The van der Waals surface area contributed by atoms with Crippen molar-refractivity contribution in [2.75, 3.05) is 6.61 Å². The summed E-state index contributed by atoms with van der Waals surface area (Å²) in [6, 6.07) is 16.4. The number of unbranched alkanes of at least 4 members (excludes halogenated alkanes) is 4. The van der Waals surface area contributed by atoms with Gasteiger partial charge in [0.1, 0.15) is 5.82 Å². The van der Waals surface area contributed by atoms with Crippen LogP contribution >= 0.6 is 0 Å². The van der Waals surface area contributed by atoms with Crippen molar-refractivity contribution in [3.05, 3.63) is 83.7 Å². The van der Waals surface area contributed by atoms with Crippen molar-refractivity contribution < 1.29 is 17.9 Å². The summed E-state index contributed by atoms with van der Waals surface area (Å²) in [6.45, 7) is 2.87. The highest BCUT2D eigenvalue weighted by atomic mass is 19.2. The fraction of sp³-hybridized carbons (Fsp3) is 0.400. The van der Waals surface area contributed by atoms with Crippen molar-refractivity contribution in [1.82, 2.24) is 0 Å². The van der Waals surface area contributed by atoms with Crippen molar-refractivity contribution in [3.63, 3.8) is 0 Å². The molecule has 0 aromatic heterocycles. The zero-order valence-corrected chi connectivity index (χ0v) is 19.8. The Morgan fingerprint density at radius 2 is 1.50 bits per heavy atom. The van der Waals surface area contributed by atoms with E-state index >= 15 is 4.39 Å². The number of hydrogen-bond donors (Lipinski definition) is 0. The van der Waals surface area contributed by atoms with Crippen molar-refractivity contribution in [3.8, 4) is 22.3 Å². The van der Waals surface area contributed by atoms with E-state index in [0.717, 1.165) is 30.9 Å². The van der Waals surface area contributed by atoms with E-state index in [1.54, 1.807) is 30.3 Å². The summed E-state index contributed by atoms with van der Waals surface area (Å²) in [7, 11) is 0. The standard InChI is InChI=1S/C30H33F3O/c1-2-3-4-5-6-8-25-17-15-24(20-34-25)23-16-18-26(29(32)19-23)21-11-13-22(14-12-21)27-9-7-10-28(31)30(27)33/h7,9-14,16,18-19,24-25H,2-6,8,15,17,20H2,1H3. The minimum absolute atomic E-state index is 0.193. The fourth-order valence-corrected chi connectivity index (χ4v) is 4.85. The van der Waals surface area contributed by atoms with Gasteiger partial charge in [0.2, 0.25) is 0 Å². The largest absolute Gasteiger partial charge is 0.378 e. The van der Waals surface area contributed by atoms with Crippen LogP contribution in [0.5, 0.6) is 0 Å². The van der Waals surface area contributed by atoms with E-state index in [9.17, 15) is 8.78 Å². The van der Waals surface area contributed by atoms with E-state index in [0.29, 0.717) is 29.4 Å². The van der Waals surface area contributed by atoms with Gasteiger partial charge in [0, 0.05) is 17.0 Å². The van der Waals surface area contributed by atoms with Gasteiger partial charge in [-0.2, -0.15) is 0 Å². The Hall–Kier alpha value is -2.59. The molecule has 2 unspecified atom stereocenters. The Bertz CT molecular complexity index is 1070. The van der Waals surface area contributed by atoms with Crippen LogP contribution in [-0.4, -0.2) is 12.7 Å². The lowest BCUT2D eigenvalue weighted by Gasteiger charge is -2.29. The molecule has 1 fully saturated rings. The summed E-state index contributed by atoms with van der Waals surface area (Å²) < 4.78 is 48.7. The fourth-order valence-electron chi connectivity index (χ4n) is 4.85. The Morgan fingerprint density at radius 1 is 0.765 bits per heavy atom. The van der Waals surface area contributed by atoms with Crippen LogP contribution < -0.4 is 0 Å². The SMILES string of the molecule is CCCCCCCC1CCC(c2ccc(-c3ccc(-c4cccc(F)c4F)cc3)c(F)c2)CO1. The molecule has 0 saturated carbocycles. The number of benzene rings is 3. The highest BCUT2D eigenvalue weighted by molar-refractivity contribution is 5.71. The zero-order valence-electron chi connectivity index (χ0n) is 19.8. The van der Waals surface area contributed by atoms with Crippen LogP contribution in [0.15, 0.2) is 60.7 Å². The Balaban J connectivity index is 1.37. The maximum Gasteiger partial charge on any atom is 0.166 e. The summed E-state index contributed by atoms with van der Waals surface area (Å²) in [5.74, 6) is -1.81. The van der Waals surface area contributed by atoms with Crippen LogP contribution in [-0.2, 0) is 4.74 Å². The maximum absolute atomic E-state index is 15.0. The third kappa shape index (κ3) is 5.90. The van der Waals surface area contributed by atoms with E-state index in [4.69, 9.17) is 4.74 Å². The van der Waals surface area contributed by atoms with Gasteiger partial charge in [0.05, 0.1) is 12.7 Å². The van der Waals surface area contributed by atoms with Crippen LogP contribution in [0.25, 0.3) is 22.3 Å². The second-order valence-electron chi connectivity index (χ2n) is 9.35. The second-order valence-corrected chi connectivity index (χ2v) is 9.35. The molecule has 0 amide bonds. The third-order valence-corrected chi connectivity index (χ3v) is 6.92. The first-order valence-electron chi connectivity index (χ1n) is 12.5. The monoisotopic (exact) mass is 466 g/mol. The van der Waals surface area contributed by atoms with Crippen molar-refractivity contribution in [2.45, 2.75) is 70.3 Å². The van der Waals surface area contributed by atoms with Gasteiger partial charge in [-0.3, -0.25) is 0 Å². The van der Waals surface area contributed by atoms with Gasteiger partial charge in [-0.15, -0.1) is 0 Å². The normalized spacial score (nSPS) is 18.2. The van der Waals surface area contributed by atoms with Crippen LogP contribution in [0, 0.1) is 17.5 Å². The molecular formula is C30H33F3O. The topological polar surface area (TPSA) is 9.23 Å². The van der Waals surface area contributed by atoms with Gasteiger partial charge in [-0.25, -0.2) is 13.2 Å². The van der Waals surface area contributed by atoms with E-state index < -0.39 is 11.6 Å². The van der Waals surface area contributed by atoms with E-state index in [-0.39, 0.29) is 17.3 Å². The molecule has 1 heterocycles. The number of hydrogen-bond acceptors (Lipinski definition) is 1. The molecule has 0 radical (unpaired) electrons. The summed E-state index contributed by atoms with van der Waals surface area (Å²) in [6.07, 6.45) is 9.89. The van der Waals surface area contributed by atoms with Gasteiger partial charge in [-0.05, 0) is 48.1 Å². The average Bonchev–Trinajstić information content (AvgIpc) is 2.86. The zero-order chi connectivity index (χ0) is 23.9. The Labute approximate surface area is 201 Å². The van der Waals surface area contributed by atoms with E-state index in [1.807, 2.05) is 12.1 Å². The molecule has 0 N–H and O–H groups in total. The van der Waals surface area contributed by atoms with E-state index in [1.165, 1.54) is 44.2 Å². The minimum Gasteiger partial charge on any atom is -0.378 e. The van der Waals surface area contributed by atoms with E-state index in [2.05, 4.69) is 6.92 Å². The summed E-state index contributed by atoms with van der Waals surface area (Å²) in [5, 5.41) is 0. The van der Waals surface area contributed by atoms with Crippen LogP contribution in [0.1, 0.15) is 69.8 Å². The van der Waals surface area contributed by atoms with Crippen LogP contribution in [0.4, 0.5) is 13.2 Å². The van der Waals surface area contributed by atoms with Gasteiger partial charge in [0.15, 0.2) is 11.6 Å². The molecular weight excluding hydrogens is 433 g/mol. The quantitative estimate of drug-likeness (QED) is 0.286. The molecule has 3 aromatic rings. The van der Waals surface area contributed by atoms with Crippen LogP contribution in [0.2, 0.25) is 0 Å². The highest BCUT2D eigenvalue weighted by Gasteiger charge is 2.23. The van der Waals surface area contributed by atoms with Gasteiger partial charge >= 0.3 is 0 Å². The van der Waals surface area contributed by atoms with Crippen molar-refractivity contribution in [1.29, 1.82) is 0 Å². The number of ether oxygens (including phenoxy) is 1. The van der Waals surface area contributed by atoms with Crippen LogP contribution in [0.3, 0.4) is 0 Å². The number of rotatable bonds is 9. The Kier molecular flexibility index (Phi) is 8.44. The molecule has 2 atom stereocenters. The summed E-state index contributed by atoms with van der Waals surface area (Å²) in [5.41, 5.74) is 2.92. The van der Waals surface area contributed by atoms with Gasteiger partial charge in [0.25, 0.3) is 0 Å². The number of halogens is 3. The second kappa shape index (κ2) is 11.7. The van der Waals surface area contributed by atoms with Gasteiger partial charge < -0.3 is 4.74 Å². The van der Waals surface area contributed by atoms with Gasteiger partial charge in [-0.1, -0.05) is 87.6 Å². The molecule has 3 aromatic carbocycles. The first kappa shape index (κ1) is 24.5. The maximum atomic E-state index is 15.0. The molecule has 180 valence electrons. The average molecular weight is 467 g/mol. The molecule has 1 nitrogen and oxygen atoms in total. The summed E-state index contributed by atoms with van der Waals surface area (Å²) >= 11 is 0. The first-order chi connectivity index (χ1) is 16.6. The molecule has 34 heavy (non-hydrogen) atoms. The molecule has 0 spiro atoms. The molecule has 0 aliphatic carbocycles. The lowest BCUT2D eigenvalue weighted by molar-refractivity contribution is -0.00217. The smallest absolute Gasteiger partial charge is 0.166 e. The summed E-state index contributed by atoms with van der Waals surface area (Å²) in [4.78, 5) is 0. The molecule has 4 rings (SSSR count).